The maximum absolute atomic E-state index is 5.60. The van der Waals surface area contributed by atoms with Crippen molar-refractivity contribution in [2.45, 2.75) is 19.9 Å². The van der Waals surface area contributed by atoms with Gasteiger partial charge in [0.05, 0.1) is 13.2 Å². The van der Waals surface area contributed by atoms with Crippen LogP contribution in [0.25, 0.3) is 0 Å². The zero-order chi connectivity index (χ0) is 14.6. The average molecular weight is 407 g/mol. The van der Waals surface area contributed by atoms with Crippen LogP contribution < -0.4 is 15.4 Å². The molecular weight excluding hydrogens is 381 g/mol. The molecule has 21 heavy (non-hydrogen) atoms. The summed E-state index contributed by atoms with van der Waals surface area (Å²) in [4.78, 5) is 4.46. The summed E-state index contributed by atoms with van der Waals surface area (Å²) in [6.45, 7) is 6.72. The van der Waals surface area contributed by atoms with E-state index < -0.39 is 0 Å². The minimum absolute atomic E-state index is 0. The highest BCUT2D eigenvalue weighted by Crippen LogP contribution is 2.07. The Morgan fingerprint density at radius 1 is 1.29 bits per heavy atom. The summed E-state index contributed by atoms with van der Waals surface area (Å²) >= 11 is 0. The largest absolute Gasteiger partial charge is 0.492 e. The fourth-order valence-corrected chi connectivity index (χ4v) is 1.68. The SMILES string of the molecule is CCNC(=NCCOc1ccccc1)NC(C)COC.I. The molecule has 1 atom stereocenters. The fraction of sp³-hybridized carbons (Fsp3) is 0.533. The van der Waals surface area contributed by atoms with Crippen LogP contribution in [0, 0.1) is 0 Å². The van der Waals surface area contributed by atoms with Gasteiger partial charge in [-0.2, -0.15) is 0 Å². The van der Waals surface area contributed by atoms with Crippen LogP contribution in [0.3, 0.4) is 0 Å². The Labute approximate surface area is 144 Å². The summed E-state index contributed by atoms with van der Waals surface area (Å²) in [5, 5.41) is 6.47. The summed E-state index contributed by atoms with van der Waals surface area (Å²) in [5.74, 6) is 1.65. The second-order valence-electron chi connectivity index (χ2n) is 4.42. The van der Waals surface area contributed by atoms with Gasteiger partial charge in [0.25, 0.3) is 0 Å². The molecule has 0 heterocycles. The number of halogens is 1. The van der Waals surface area contributed by atoms with Gasteiger partial charge in [0.2, 0.25) is 0 Å². The van der Waals surface area contributed by atoms with E-state index in [1.54, 1.807) is 7.11 Å². The third-order valence-corrected chi connectivity index (χ3v) is 2.52. The molecule has 1 aromatic rings. The van der Waals surface area contributed by atoms with Crippen molar-refractivity contribution in [1.29, 1.82) is 0 Å². The molecular formula is C15H26IN3O2. The molecule has 1 rings (SSSR count). The van der Waals surface area contributed by atoms with Crippen LogP contribution in [-0.2, 0) is 4.74 Å². The summed E-state index contributed by atoms with van der Waals surface area (Å²) in [5.41, 5.74) is 0. The molecule has 1 aromatic carbocycles. The van der Waals surface area contributed by atoms with Crippen LogP contribution in [0.4, 0.5) is 0 Å². The first-order valence-electron chi connectivity index (χ1n) is 6.98. The summed E-state index contributed by atoms with van der Waals surface area (Å²) < 4.78 is 10.7. The zero-order valence-electron chi connectivity index (χ0n) is 13.0. The number of guanidine groups is 1. The van der Waals surface area contributed by atoms with Gasteiger partial charge in [-0.3, -0.25) is 0 Å². The number of benzene rings is 1. The lowest BCUT2D eigenvalue weighted by molar-refractivity contribution is 0.179. The van der Waals surface area contributed by atoms with E-state index in [4.69, 9.17) is 9.47 Å². The van der Waals surface area contributed by atoms with Crippen molar-refractivity contribution in [3.63, 3.8) is 0 Å². The molecule has 2 N–H and O–H groups in total. The van der Waals surface area contributed by atoms with E-state index in [0.29, 0.717) is 19.8 Å². The average Bonchev–Trinajstić information content (AvgIpc) is 2.45. The minimum Gasteiger partial charge on any atom is -0.492 e. The van der Waals surface area contributed by atoms with Crippen LogP contribution in [0.15, 0.2) is 35.3 Å². The molecule has 0 saturated heterocycles. The molecule has 0 aliphatic rings. The lowest BCUT2D eigenvalue weighted by atomic mass is 10.3. The predicted octanol–water partition coefficient (Wildman–Crippen LogP) is 2.27. The van der Waals surface area contributed by atoms with Crippen molar-refractivity contribution in [1.82, 2.24) is 10.6 Å². The number of methoxy groups -OCH3 is 1. The van der Waals surface area contributed by atoms with Crippen molar-refractivity contribution in [2.24, 2.45) is 4.99 Å². The van der Waals surface area contributed by atoms with Crippen molar-refractivity contribution in [2.75, 3.05) is 33.4 Å². The van der Waals surface area contributed by atoms with Gasteiger partial charge in [-0.1, -0.05) is 18.2 Å². The van der Waals surface area contributed by atoms with Crippen LogP contribution >= 0.6 is 24.0 Å². The standard InChI is InChI=1S/C15H25N3O2.HI/c1-4-16-15(18-13(2)12-19-3)17-10-11-20-14-8-6-5-7-9-14;/h5-9,13H,4,10-12H2,1-3H3,(H2,16,17,18);1H. The smallest absolute Gasteiger partial charge is 0.191 e. The molecule has 120 valence electrons. The third kappa shape index (κ3) is 9.52. The second kappa shape index (κ2) is 12.7. The molecule has 0 aromatic heterocycles. The summed E-state index contributed by atoms with van der Waals surface area (Å²) in [6.07, 6.45) is 0. The maximum Gasteiger partial charge on any atom is 0.191 e. The first-order valence-corrected chi connectivity index (χ1v) is 6.98. The van der Waals surface area contributed by atoms with E-state index in [0.717, 1.165) is 18.3 Å². The van der Waals surface area contributed by atoms with Gasteiger partial charge in [-0.25, -0.2) is 4.99 Å². The second-order valence-corrected chi connectivity index (χ2v) is 4.42. The molecule has 0 spiro atoms. The molecule has 1 unspecified atom stereocenters. The van der Waals surface area contributed by atoms with Gasteiger partial charge in [-0.15, -0.1) is 24.0 Å². The fourth-order valence-electron chi connectivity index (χ4n) is 1.68. The highest BCUT2D eigenvalue weighted by molar-refractivity contribution is 14.0. The first-order chi connectivity index (χ1) is 9.76. The molecule has 0 saturated carbocycles. The van der Waals surface area contributed by atoms with E-state index in [-0.39, 0.29) is 30.0 Å². The Morgan fingerprint density at radius 2 is 2.00 bits per heavy atom. The molecule has 0 bridgehead atoms. The predicted molar refractivity (Wildman–Crippen MR) is 97.8 cm³/mol. The number of rotatable bonds is 8. The highest BCUT2D eigenvalue weighted by Gasteiger charge is 2.03. The number of hydrogen-bond acceptors (Lipinski definition) is 3. The molecule has 0 aliphatic carbocycles. The molecule has 0 aliphatic heterocycles. The highest BCUT2D eigenvalue weighted by atomic mass is 127. The Bertz CT molecular complexity index is 388. The van der Waals surface area contributed by atoms with Crippen LogP contribution in [0.1, 0.15) is 13.8 Å². The summed E-state index contributed by atoms with van der Waals surface area (Å²) in [7, 11) is 1.69. The molecule has 0 fully saturated rings. The number of ether oxygens (including phenoxy) is 2. The van der Waals surface area contributed by atoms with Gasteiger partial charge in [0.15, 0.2) is 5.96 Å². The summed E-state index contributed by atoms with van der Waals surface area (Å²) in [6, 6.07) is 9.97. The van der Waals surface area contributed by atoms with Gasteiger partial charge in [-0.05, 0) is 26.0 Å². The number of nitrogens with one attached hydrogen (secondary N) is 2. The zero-order valence-corrected chi connectivity index (χ0v) is 15.3. The lowest BCUT2D eigenvalue weighted by Gasteiger charge is -2.17. The minimum atomic E-state index is 0. The lowest BCUT2D eigenvalue weighted by Crippen LogP contribution is -2.44. The van der Waals surface area contributed by atoms with E-state index in [2.05, 4.69) is 22.5 Å². The van der Waals surface area contributed by atoms with Crippen molar-refractivity contribution in [3.05, 3.63) is 30.3 Å². The van der Waals surface area contributed by atoms with Crippen LogP contribution in [0.2, 0.25) is 0 Å². The van der Waals surface area contributed by atoms with E-state index in [1.807, 2.05) is 37.3 Å². The Hall–Kier alpha value is -1.02. The number of para-hydroxylation sites is 1. The normalized spacial score (nSPS) is 12.2. The van der Waals surface area contributed by atoms with Gasteiger partial charge < -0.3 is 20.1 Å². The van der Waals surface area contributed by atoms with Gasteiger partial charge >= 0.3 is 0 Å². The van der Waals surface area contributed by atoms with E-state index in [1.165, 1.54) is 0 Å². The quantitative estimate of drug-likeness (QED) is 0.301. The van der Waals surface area contributed by atoms with Crippen molar-refractivity contribution < 1.29 is 9.47 Å². The van der Waals surface area contributed by atoms with Crippen LogP contribution in [-0.4, -0.2) is 45.4 Å². The number of aliphatic imine (C=N–C) groups is 1. The Kier molecular flexibility index (Phi) is 12.1. The maximum atomic E-state index is 5.60. The topological polar surface area (TPSA) is 54.9 Å². The monoisotopic (exact) mass is 407 g/mol. The molecule has 0 amide bonds. The van der Waals surface area contributed by atoms with Crippen LogP contribution in [0.5, 0.6) is 5.75 Å². The van der Waals surface area contributed by atoms with E-state index in [9.17, 15) is 0 Å². The molecule has 5 nitrogen and oxygen atoms in total. The number of hydrogen-bond donors (Lipinski definition) is 2. The Balaban J connectivity index is 0.00000400. The van der Waals surface area contributed by atoms with Crippen molar-refractivity contribution in [3.8, 4) is 5.75 Å². The van der Waals surface area contributed by atoms with Gasteiger partial charge in [0, 0.05) is 19.7 Å². The van der Waals surface area contributed by atoms with E-state index >= 15 is 0 Å². The van der Waals surface area contributed by atoms with Crippen molar-refractivity contribution >= 4 is 29.9 Å². The number of nitrogens with zero attached hydrogens (tertiary/aromatic N) is 1. The van der Waals surface area contributed by atoms with Gasteiger partial charge in [0.1, 0.15) is 12.4 Å². The third-order valence-electron chi connectivity index (χ3n) is 2.52. The molecule has 6 heteroatoms. The first kappa shape index (κ1) is 20.0. The Morgan fingerprint density at radius 3 is 2.62 bits per heavy atom. The molecule has 0 radical (unpaired) electrons.